The minimum atomic E-state index is 0.294. The van der Waals surface area contributed by atoms with Gasteiger partial charge in [-0.1, -0.05) is 0 Å². The van der Waals surface area contributed by atoms with Crippen LogP contribution in [0.1, 0.15) is 18.7 Å². The normalized spacial score (nSPS) is 19.7. The molecule has 3 aromatic heterocycles. The van der Waals surface area contributed by atoms with Crippen molar-refractivity contribution in [3.8, 4) is 0 Å². The molecule has 4 rings (SSSR count). The van der Waals surface area contributed by atoms with E-state index in [-0.39, 0.29) is 0 Å². The smallest absolute Gasteiger partial charge is 0.162 e. The van der Waals surface area contributed by atoms with Gasteiger partial charge in [0.25, 0.3) is 0 Å². The minimum absolute atomic E-state index is 0.294. The molecule has 0 amide bonds. The first-order valence-electron chi connectivity index (χ1n) is 6.60. The Morgan fingerprint density at radius 2 is 2.37 bits per heavy atom. The Balaban J connectivity index is 1.91. The maximum absolute atomic E-state index is 5.73. The lowest BCUT2D eigenvalue weighted by atomic mass is 10.2. The Bertz CT molecular complexity index is 738. The fourth-order valence-corrected chi connectivity index (χ4v) is 2.83. The van der Waals surface area contributed by atoms with Crippen molar-refractivity contribution >= 4 is 16.8 Å². The average molecular weight is 257 g/mol. The van der Waals surface area contributed by atoms with E-state index in [0.29, 0.717) is 6.10 Å². The summed E-state index contributed by atoms with van der Waals surface area (Å²) in [6, 6.07) is 3.94. The molecule has 0 bridgehead atoms. The number of imidazole rings is 1. The SMILES string of the molecule is Cc1nc2ccc3nncn3c2n1C[C@@H]1CCCO1. The van der Waals surface area contributed by atoms with Crippen LogP contribution in [0, 0.1) is 6.92 Å². The highest BCUT2D eigenvalue weighted by Crippen LogP contribution is 2.21. The van der Waals surface area contributed by atoms with Crippen LogP contribution in [0.4, 0.5) is 0 Å². The van der Waals surface area contributed by atoms with Crippen molar-refractivity contribution in [2.24, 2.45) is 0 Å². The van der Waals surface area contributed by atoms with Crippen LogP contribution in [0.3, 0.4) is 0 Å². The van der Waals surface area contributed by atoms with Crippen molar-refractivity contribution < 1.29 is 4.74 Å². The van der Waals surface area contributed by atoms with Crippen molar-refractivity contribution in [3.63, 3.8) is 0 Å². The van der Waals surface area contributed by atoms with Crippen LogP contribution in [0.25, 0.3) is 16.8 Å². The molecule has 6 heteroatoms. The predicted octanol–water partition coefficient (Wildman–Crippen LogP) is 1.57. The van der Waals surface area contributed by atoms with Gasteiger partial charge < -0.3 is 9.30 Å². The molecule has 4 heterocycles. The number of hydrogen-bond donors (Lipinski definition) is 0. The Hall–Kier alpha value is -1.95. The summed E-state index contributed by atoms with van der Waals surface area (Å²) in [5.41, 5.74) is 2.87. The number of rotatable bonds is 2. The lowest BCUT2D eigenvalue weighted by Crippen LogP contribution is -2.16. The first-order chi connectivity index (χ1) is 9.33. The highest BCUT2D eigenvalue weighted by Gasteiger charge is 2.19. The summed E-state index contributed by atoms with van der Waals surface area (Å²) < 4.78 is 9.93. The summed E-state index contributed by atoms with van der Waals surface area (Å²) in [7, 11) is 0. The molecule has 1 atom stereocenters. The summed E-state index contributed by atoms with van der Waals surface area (Å²) in [6.45, 7) is 3.75. The van der Waals surface area contributed by atoms with Gasteiger partial charge in [0.05, 0.1) is 12.6 Å². The van der Waals surface area contributed by atoms with Gasteiger partial charge in [0.2, 0.25) is 0 Å². The Morgan fingerprint density at radius 3 is 3.21 bits per heavy atom. The Kier molecular flexibility index (Phi) is 2.32. The molecule has 0 unspecified atom stereocenters. The number of pyridine rings is 1. The van der Waals surface area contributed by atoms with E-state index >= 15 is 0 Å². The molecular weight excluding hydrogens is 242 g/mol. The second kappa shape index (κ2) is 4.03. The first-order valence-corrected chi connectivity index (χ1v) is 6.60. The number of fused-ring (bicyclic) bond motifs is 3. The first kappa shape index (κ1) is 10.9. The van der Waals surface area contributed by atoms with E-state index in [4.69, 9.17) is 4.74 Å². The van der Waals surface area contributed by atoms with E-state index < -0.39 is 0 Å². The molecule has 19 heavy (non-hydrogen) atoms. The zero-order chi connectivity index (χ0) is 12.8. The molecule has 1 saturated heterocycles. The summed E-state index contributed by atoms with van der Waals surface area (Å²) in [5, 5.41) is 8.07. The van der Waals surface area contributed by atoms with Crippen molar-refractivity contribution in [1.82, 2.24) is 24.1 Å². The second-order valence-electron chi connectivity index (χ2n) is 5.01. The van der Waals surface area contributed by atoms with E-state index in [1.165, 1.54) is 0 Å². The number of ether oxygens (including phenoxy) is 1. The molecule has 0 spiro atoms. The monoisotopic (exact) mass is 257 g/mol. The van der Waals surface area contributed by atoms with Crippen LogP contribution in [-0.4, -0.2) is 36.9 Å². The third kappa shape index (κ3) is 1.63. The quantitative estimate of drug-likeness (QED) is 0.699. The molecule has 3 aromatic rings. The van der Waals surface area contributed by atoms with Gasteiger partial charge in [0.1, 0.15) is 23.3 Å². The van der Waals surface area contributed by atoms with E-state index in [0.717, 1.165) is 48.6 Å². The summed E-state index contributed by atoms with van der Waals surface area (Å²) in [4.78, 5) is 4.62. The molecule has 1 aliphatic rings. The third-order valence-corrected chi connectivity index (χ3v) is 3.76. The standard InChI is InChI=1S/C13H15N5O/c1-9-15-11-4-5-12-16-14-8-18(12)13(11)17(9)7-10-3-2-6-19-10/h4-5,8,10H,2-3,6-7H2,1H3/t10-/m0/s1. The lowest BCUT2D eigenvalue weighted by Gasteiger charge is -2.13. The maximum Gasteiger partial charge on any atom is 0.162 e. The topological polar surface area (TPSA) is 57.2 Å². The fourth-order valence-electron chi connectivity index (χ4n) is 2.83. The van der Waals surface area contributed by atoms with Gasteiger partial charge in [0, 0.05) is 6.61 Å². The molecular formula is C13H15N5O. The average Bonchev–Trinajstić information content (AvgIpc) is 3.10. The van der Waals surface area contributed by atoms with Crippen molar-refractivity contribution in [2.75, 3.05) is 6.61 Å². The molecule has 1 fully saturated rings. The van der Waals surface area contributed by atoms with Gasteiger partial charge in [-0.05, 0) is 31.9 Å². The number of aryl methyl sites for hydroxylation is 1. The molecule has 0 saturated carbocycles. The van der Waals surface area contributed by atoms with E-state index in [2.05, 4.69) is 19.7 Å². The molecule has 0 aromatic carbocycles. The lowest BCUT2D eigenvalue weighted by molar-refractivity contribution is 0.0972. The zero-order valence-electron chi connectivity index (χ0n) is 10.8. The molecule has 98 valence electrons. The number of aromatic nitrogens is 5. The van der Waals surface area contributed by atoms with Gasteiger partial charge in [0.15, 0.2) is 5.65 Å². The van der Waals surface area contributed by atoms with Crippen LogP contribution >= 0.6 is 0 Å². The van der Waals surface area contributed by atoms with Gasteiger partial charge in [-0.2, -0.15) is 0 Å². The maximum atomic E-state index is 5.73. The van der Waals surface area contributed by atoms with E-state index in [9.17, 15) is 0 Å². The minimum Gasteiger partial charge on any atom is -0.376 e. The van der Waals surface area contributed by atoms with Crippen molar-refractivity contribution in [1.29, 1.82) is 0 Å². The summed E-state index contributed by atoms with van der Waals surface area (Å²) >= 11 is 0. The van der Waals surface area contributed by atoms with Gasteiger partial charge >= 0.3 is 0 Å². The van der Waals surface area contributed by atoms with Crippen LogP contribution < -0.4 is 0 Å². The fraction of sp³-hybridized carbons (Fsp3) is 0.462. The van der Waals surface area contributed by atoms with Gasteiger partial charge in [-0.25, -0.2) is 4.98 Å². The molecule has 0 radical (unpaired) electrons. The van der Waals surface area contributed by atoms with Crippen LogP contribution in [-0.2, 0) is 11.3 Å². The number of hydrogen-bond acceptors (Lipinski definition) is 4. The molecule has 0 aliphatic carbocycles. The Labute approximate surface area is 110 Å². The Morgan fingerprint density at radius 1 is 1.42 bits per heavy atom. The molecule has 0 N–H and O–H groups in total. The van der Waals surface area contributed by atoms with Gasteiger partial charge in [-0.3, -0.25) is 4.40 Å². The summed E-state index contributed by atoms with van der Waals surface area (Å²) in [5.74, 6) is 1.01. The van der Waals surface area contributed by atoms with Crippen molar-refractivity contribution in [3.05, 3.63) is 24.3 Å². The van der Waals surface area contributed by atoms with E-state index in [1.54, 1.807) is 6.33 Å². The van der Waals surface area contributed by atoms with Crippen LogP contribution in [0.15, 0.2) is 18.5 Å². The van der Waals surface area contributed by atoms with Crippen LogP contribution in [0.5, 0.6) is 0 Å². The largest absolute Gasteiger partial charge is 0.376 e. The van der Waals surface area contributed by atoms with Gasteiger partial charge in [-0.15, -0.1) is 10.2 Å². The second-order valence-corrected chi connectivity index (χ2v) is 5.01. The highest BCUT2D eigenvalue weighted by atomic mass is 16.5. The zero-order valence-corrected chi connectivity index (χ0v) is 10.8. The third-order valence-electron chi connectivity index (χ3n) is 3.76. The number of nitrogens with zero attached hydrogens (tertiary/aromatic N) is 5. The van der Waals surface area contributed by atoms with E-state index in [1.807, 2.05) is 23.5 Å². The summed E-state index contributed by atoms with van der Waals surface area (Å²) in [6.07, 6.45) is 4.31. The van der Waals surface area contributed by atoms with Crippen molar-refractivity contribution in [2.45, 2.75) is 32.4 Å². The predicted molar refractivity (Wildman–Crippen MR) is 70.0 cm³/mol. The molecule has 6 nitrogen and oxygen atoms in total. The molecule has 1 aliphatic heterocycles. The highest BCUT2D eigenvalue weighted by molar-refractivity contribution is 5.75. The van der Waals surface area contributed by atoms with Crippen LogP contribution in [0.2, 0.25) is 0 Å².